The van der Waals surface area contributed by atoms with Gasteiger partial charge in [-0.1, -0.05) is 34.1 Å². The summed E-state index contributed by atoms with van der Waals surface area (Å²) < 4.78 is 2.37. The zero-order chi connectivity index (χ0) is 11.0. The molecule has 0 aliphatic heterocycles. The predicted octanol–water partition coefficient (Wildman–Crippen LogP) is 4.73. The van der Waals surface area contributed by atoms with Crippen LogP contribution in [0.25, 0.3) is 20.7 Å². The number of pyridine rings is 1. The average molecular weight is 290 g/mol. The number of hydrogen-bond donors (Lipinski definition) is 0. The van der Waals surface area contributed by atoms with Crippen molar-refractivity contribution in [3.05, 3.63) is 53.1 Å². The largest absolute Gasteiger partial charge is 0.255 e. The number of fused-ring (bicyclic) bond motifs is 1. The molecule has 0 spiro atoms. The summed E-state index contributed by atoms with van der Waals surface area (Å²) in [5.74, 6) is 0. The molecular weight excluding hydrogens is 282 g/mol. The third-order valence-corrected chi connectivity index (χ3v) is 4.03. The zero-order valence-corrected chi connectivity index (χ0v) is 10.8. The van der Waals surface area contributed by atoms with Crippen molar-refractivity contribution in [2.24, 2.45) is 0 Å². The van der Waals surface area contributed by atoms with E-state index in [-0.39, 0.29) is 0 Å². The summed E-state index contributed by atoms with van der Waals surface area (Å²) in [6, 6.07) is 14.6. The molecule has 16 heavy (non-hydrogen) atoms. The number of halogens is 1. The van der Waals surface area contributed by atoms with E-state index in [0.29, 0.717) is 0 Å². The van der Waals surface area contributed by atoms with Crippen molar-refractivity contribution in [2.75, 3.05) is 0 Å². The van der Waals surface area contributed by atoms with Gasteiger partial charge in [0.15, 0.2) is 0 Å². The van der Waals surface area contributed by atoms with Gasteiger partial charge in [-0.2, -0.15) is 0 Å². The van der Waals surface area contributed by atoms with Crippen LogP contribution in [0.3, 0.4) is 0 Å². The molecule has 1 aromatic carbocycles. The van der Waals surface area contributed by atoms with E-state index in [1.165, 1.54) is 15.0 Å². The SMILES string of the molecule is Brc1ccnc(-c2cc3ccccc3s2)c1. The van der Waals surface area contributed by atoms with E-state index in [0.717, 1.165) is 10.2 Å². The Morgan fingerprint density at radius 1 is 1.06 bits per heavy atom. The van der Waals surface area contributed by atoms with Crippen molar-refractivity contribution in [3.8, 4) is 10.6 Å². The maximum Gasteiger partial charge on any atom is 0.0813 e. The highest BCUT2D eigenvalue weighted by atomic mass is 79.9. The summed E-state index contributed by atoms with van der Waals surface area (Å²) in [4.78, 5) is 5.60. The molecular formula is C13H8BrNS. The van der Waals surface area contributed by atoms with E-state index in [9.17, 15) is 0 Å². The molecule has 0 aliphatic rings. The smallest absolute Gasteiger partial charge is 0.0813 e. The Morgan fingerprint density at radius 3 is 2.75 bits per heavy atom. The maximum absolute atomic E-state index is 4.39. The van der Waals surface area contributed by atoms with Crippen LogP contribution in [0.15, 0.2) is 53.1 Å². The Hall–Kier alpha value is -1.19. The number of aromatic nitrogens is 1. The van der Waals surface area contributed by atoms with Gasteiger partial charge in [-0.05, 0) is 29.7 Å². The first-order valence-corrected chi connectivity index (χ1v) is 6.54. The molecule has 3 aromatic rings. The van der Waals surface area contributed by atoms with Crippen LogP contribution in [0.1, 0.15) is 0 Å². The molecule has 0 saturated heterocycles. The van der Waals surface area contributed by atoms with Gasteiger partial charge in [0, 0.05) is 15.4 Å². The van der Waals surface area contributed by atoms with Gasteiger partial charge in [0.25, 0.3) is 0 Å². The van der Waals surface area contributed by atoms with Crippen LogP contribution in [0.5, 0.6) is 0 Å². The third kappa shape index (κ3) is 1.77. The molecule has 0 unspecified atom stereocenters. The normalized spacial score (nSPS) is 10.8. The highest BCUT2D eigenvalue weighted by Crippen LogP contribution is 2.32. The van der Waals surface area contributed by atoms with Gasteiger partial charge < -0.3 is 0 Å². The molecule has 2 aromatic heterocycles. The molecule has 3 heteroatoms. The van der Waals surface area contributed by atoms with Crippen molar-refractivity contribution in [1.82, 2.24) is 4.98 Å². The lowest BCUT2D eigenvalue weighted by atomic mass is 10.2. The lowest BCUT2D eigenvalue weighted by molar-refractivity contribution is 1.33. The Bertz CT molecular complexity index is 612. The summed E-state index contributed by atoms with van der Waals surface area (Å²) in [7, 11) is 0. The fourth-order valence-corrected chi connectivity index (χ4v) is 3.01. The Morgan fingerprint density at radius 2 is 1.94 bits per heavy atom. The molecule has 0 saturated carbocycles. The topological polar surface area (TPSA) is 12.9 Å². The summed E-state index contributed by atoms with van der Waals surface area (Å²) in [5, 5.41) is 1.28. The lowest BCUT2D eigenvalue weighted by Gasteiger charge is -1.95. The molecule has 3 rings (SSSR count). The second kappa shape index (κ2) is 4.00. The van der Waals surface area contributed by atoms with Crippen LogP contribution in [0, 0.1) is 0 Å². The molecule has 0 aliphatic carbocycles. The van der Waals surface area contributed by atoms with Gasteiger partial charge in [-0.15, -0.1) is 11.3 Å². The van der Waals surface area contributed by atoms with Crippen molar-refractivity contribution in [2.45, 2.75) is 0 Å². The minimum Gasteiger partial charge on any atom is -0.255 e. The lowest BCUT2D eigenvalue weighted by Crippen LogP contribution is -1.77. The molecule has 0 N–H and O–H groups in total. The molecule has 0 radical (unpaired) electrons. The monoisotopic (exact) mass is 289 g/mol. The second-order valence-corrected chi connectivity index (χ2v) is 5.51. The second-order valence-electron chi connectivity index (χ2n) is 3.51. The van der Waals surface area contributed by atoms with Crippen LogP contribution in [0.4, 0.5) is 0 Å². The van der Waals surface area contributed by atoms with Crippen LogP contribution in [0.2, 0.25) is 0 Å². The van der Waals surface area contributed by atoms with Gasteiger partial charge in [0.2, 0.25) is 0 Å². The first kappa shape index (κ1) is 10.00. The number of thiophene rings is 1. The van der Waals surface area contributed by atoms with Crippen LogP contribution < -0.4 is 0 Å². The van der Waals surface area contributed by atoms with Crippen molar-refractivity contribution >= 4 is 37.4 Å². The third-order valence-electron chi connectivity index (χ3n) is 2.40. The van der Waals surface area contributed by atoms with E-state index >= 15 is 0 Å². The molecule has 0 amide bonds. The van der Waals surface area contributed by atoms with Gasteiger partial charge in [-0.3, -0.25) is 4.98 Å². The minimum atomic E-state index is 1.02. The quantitative estimate of drug-likeness (QED) is 0.631. The molecule has 0 atom stereocenters. The van der Waals surface area contributed by atoms with Crippen LogP contribution in [-0.2, 0) is 0 Å². The van der Waals surface area contributed by atoms with Crippen molar-refractivity contribution < 1.29 is 0 Å². The van der Waals surface area contributed by atoms with Crippen LogP contribution >= 0.6 is 27.3 Å². The molecule has 0 bridgehead atoms. The van der Waals surface area contributed by atoms with Gasteiger partial charge in [0.05, 0.1) is 10.6 Å². The molecule has 1 nitrogen and oxygen atoms in total. The van der Waals surface area contributed by atoms with Crippen molar-refractivity contribution in [3.63, 3.8) is 0 Å². The molecule has 78 valence electrons. The van der Waals surface area contributed by atoms with E-state index < -0.39 is 0 Å². The van der Waals surface area contributed by atoms with Gasteiger partial charge in [-0.25, -0.2) is 0 Å². The minimum absolute atomic E-state index is 1.02. The highest BCUT2D eigenvalue weighted by Gasteiger charge is 2.04. The van der Waals surface area contributed by atoms with E-state index in [1.807, 2.05) is 18.3 Å². The Labute approximate surface area is 106 Å². The molecule has 0 fully saturated rings. The number of rotatable bonds is 1. The summed E-state index contributed by atoms with van der Waals surface area (Å²) in [6.07, 6.45) is 1.82. The first-order valence-electron chi connectivity index (χ1n) is 4.93. The van der Waals surface area contributed by atoms with Crippen molar-refractivity contribution in [1.29, 1.82) is 0 Å². The number of benzene rings is 1. The van der Waals surface area contributed by atoms with Crippen LogP contribution in [-0.4, -0.2) is 4.98 Å². The van der Waals surface area contributed by atoms with Gasteiger partial charge >= 0.3 is 0 Å². The summed E-state index contributed by atoms with van der Waals surface area (Å²) in [5.41, 5.74) is 1.02. The van der Waals surface area contributed by atoms with Gasteiger partial charge in [0.1, 0.15) is 0 Å². The zero-order valence-electron chi connectivity index (χ0n) is 8.35. The Kier molecular flexibility index (Phi) is 2.50. The van der Waals surface area contributed by atoms with E-state index in [2.05, 4.69) is 51.2 Å². The number of nitrogens with zero attached hydrogens (tertiary/aromatic N) is 1. The van der Waals surface area contributed by atoms with E-state index in [4.69, 9.17) is 0 Å². The fraction of sp³-hybridized carbons (Fsp3) is 0. The maximum atomic E-state index is 4.39. The fourth-order valence-electron chi connectivity index (χ4n) is 1.65. The summed E-state index contributed by atoms with van der Waals surface area (Å²) >= 11 is 5.24. The average Bonchev–Trinajstić information content (AvgIpc) is 2.72. The first-order chi connectivity index (χ1) is 7.83. The molecule has 2 heterocycles. The summed E-state index contributed by atoms with van der Waals surface area (Å²) in [6.45, 7) is 0. The standard InChI is InChI=1S/C13H8BrNS/c14-10-5-6-15-11(8-10)13-7-9-3-1-2-4-12(9)16-13/h1-8H. The number of hydrogen-bond acceptors (Lipinski definition) is 2. The Balaban J connectivity index is 2.19. The van der Waals surface area contributed by atoms with E-state index in [1.54, 1.807) is 11.3 Å². The predicted molar refractivity (Wildman–Crippen MR) is 72.8 cm³/mol. The highest BCUT2D eigenvalue weighted by molar-refractivity contribution is 9.10.